The van der Waals surface area contributed by atoms with Crippen LogP contribution in [-0.4, -0.2) is 38.2 Å². The van der Waals surface area contributed by atoms with Gasteiger partial charge in [-0.25, -0.2) is 0 Å². The molecule has 2 aromatic rings. The second-order valence-electron chi connectivity index (χ2n) is 6.16. The molecule has 1 aliphatic rings. The number of amides is 2. The molecule has 0 bridgehead atoms. The van der Waals surface area contributed by atoms with E-state index in [0.717, 1.165) is 29.8 Å². The van der Waals surface area contributed by atoms with E-state index < -0.39 is 11.8 Å². The van der Waals surface area contributed by atoms with Gasteiger partial charge in [-0.05, 0) is 33.6 Å². The first-order valence-electron chi connectivity index (χ1n) is 7.93. The highest BCUT2D eigenvalue weighted by atomic mass is 16.5. The summed E-state index contributed by atoms with van der Waals surface area (Å²) in [7, 11) is 1.88. The van der Waals surface area contributed by atoms with E-state index in [0.29, 0.717) is 12.1 Å². The lowest BCUT2D eigenvalue weighted by Gasteiger charge is -2.24. The van der Waals surface area contributed by atoms with Crippen molar-refractivity contribution in [3.05, 3.63) is 28.8 Å². The molecular weight excluding hydrogens is 310 g/mol. The molecule has 2 amide bonds. The fraction of sp³-hybridized carbons (Fsp3) is 0.500. The van der Waals surface area contributed by atoms with Gasteiger partial charge in [0.05, 0.1) is 11.7 Å². The highest BCUT2D eigenvalue weighted by Crippen LogP contribution is 2.35. The summed E-state index contributed by atoms with van der Waals surface area (Å²) in [5.74, 6) is -0.974. The summed E-state index contributed by atoms with van der Waals surface area (Å²) in [6, 6.07) is -0.115. The van der Waals surface area contributed by atoms with E-state index in [1.807, 2.05) is 25.6 Å². The van der Waals surface area contributed by atoms with E-state index in [1.165, 1.54) is 6.26 Å². The maximum atomic E-state index is 12.6. The van der Waals surface area contributed by atoms with Crippen molar-refractivity contribution < 1.29 is 14.1 Å². The number of rotatable bonds is 2. The Balaban J connectivity index is 1.81. The summed E-state index contributed by atoms with van der Waals surface area (Å²) in [5.41, 5.74) is 3.62. The lowest BCUT2D eigenvalue weighted by Crippen LogP contribution is -2.39. The summed E-state index contributed by atoms with van der Waals surface area (Å²) in [6.45, 7) is 6.22. The minimum atomic E-state index is -0.696. The van der Waals surface area contributed by atoms with Gasteiger partial charge in [0.15, 0.2) is 5.82 Å². The molecule has 8 heteroatoms. The molecule has 0 radical (unpaired) electrons. The first kappa shape index (κ1) is 16.2. The molecule has 8 nitrogen and oxygen atoms in total. The quantitative estimate of drug-likeness (QED) is 0.844. The number of nitrogens with one attached hydrogen (secondary N) is 1. The van der Waals surface area contributed by atoms with Crippen molar-refractivity contribution in [2.45, 2.75) is 39.7 Å². The third kappa shape index (κ3) is 2.68. The average molecular weight is 331 g/mol. The number of nitrogens with zero attached hydrogens (tertiary/aromatic N) is 4. The van der Waals surface area contributed by atoms with E-state index in [4.69, 9.17) is 4.52 Å². The summed E-state index contributed by atoms with van der Waals surface area (Å²) >= 11 is 0. The molecule has 24 heavy (non-hydrogen) atoms. The van der Waals surface area contributed by atoms with Crippen LogP contribution in [0.5, 0.6) is 0 Å². The van der Waals surface area contributed by atoms with E-state index in [1.54, 1.807) is 11.8 Å². The number of carbonyl (C=O) groups excluding carboxylic acids is 2. The van der Waals surface area contributed by atoms with Gasteiger partial charge < -0.3 is 9.42 Å². The van der Waals surface area contributed by atoms with E-state index in [2.05, 4.69) is 15.6 Å². The number of hydrogen-bond donors (Lipinski definition) is 1. The molecule has 3 rings (SSSR count). The first-order chi connectivity index (χ1) is 11.4. The normalized spacial score (nSPS) is 17.3. The molecule has 0 saturated carbocycles. The van der Waals surface area contributed by atoms with Gasteiger partial charge in [-0.3, -0.25) is 19.6 Å². The van der Waals surface area contributed by atoms with Crippen LogP contribution in [-0.2, 0) is 16.6 Å². The third-order valence-electron chi connectivity index (χ3n) is 4.59. The predicted octanol–water partition coefficient (Wildman–Crippen LogP) is 1.64. The fourth-order valence-corrected chi connectivity index (χ4v) is 3.28. The van der Waals surface area contributed by atoms with Crippen molar-refractivity contribution in [1.82, 2.24) is 19.8 Å². The zero-order valence-corrected chi connectivity index (χ0v) is 14.3. The van der Waals surface area contributed by atoms with Crippen LogP contribution in [0.1, 0.15) is 41.4 Å². The van der Waals surface area contributed by atoms with Gasteiger partial charge in [-0.1, -0.05) is 5.16 Å². The van der Waals surface area contributed by atoms with Crippen LogP contribution in [0.2, 0.25) is 0 Å². The number of hydrogen-bond acceptors (Lipinski definition) is 5. The lowest BCUT2D eigenvalue weighted by molar-refractivity contribution is -0.143. The van der Waals surface area contributed by atoms with Gasteiger partial charge in [0.25, 0.3) is 0 Å². The Bertz CT molecular complexity index is 792. The molecule has 2 aromatic heterocycles. The van der Waals surface area contributed by atoms with Gasteiger partial charge in [0.1, 0.15) is 6.26 Å². The minimum absolute atomic E-state index is 0.115. The number of carbonyl (C=O) groups is 2. The van der Waals surface area contributed by atoms with Crippen molar-refractivity contribution in [3.63, 3.8) is 0 Å². The molecule has 1 N–H and O–H groups in total. The Labute approximate surface area is 139 Å². The molecule has 1 atom stereocenters. The Morgan fingerprint density at radius 1 is 1.33 bits per heavy atom. The Kier molecular flexibility index (Phi) is 4.13. The molecule has 0 aliphatic carbocycles. The van der Waals surface area contributed by atoms with Crippen LogP contribution in [0.4, 0.5) is 5.82 Å². The fourth-order valence-electron chi connectivity index (χ4n) is 3.28. The molecule has 128 valence electrons. The Morgan fingerprint density at radius 2 is 2.08 bits per heavy atom. The van der Waals surface area contributed by atoms with Crippen LogP contribution in [0, 0.1) is 20.8 Å². The number of anilines is 1. The molecule has 1 fully saturated rings. The zero-order valence-electron chi connectivity index (χ0n) is 14.3. The number of likely N-dealkylation sites (tertiary alicyclic amines) is 1. The SMILES string of the molecule is Cc1conc1NC(=O)C(=O)N1CCC[C@@H]1c1c(C)nn(C)c1C. The van der Waals surface area contributed by atoms with Crippen LogP contribution in [0.3, 0.4) is 0 Å². The third-order valence-corrected chi connectivity index (χ3v) is 4.59. The molecule has 1 aliphatic heterocycles. The zero-order chi connectivity index (χ0) is 17.4. The van der Waals surface area contributed by atoms with Crippen molar-refractivity contribution in [2.75, 3.05) is 11.9 Å². The highest BCUT2D eigenvalue weighted by Gasteiger charge is 2.36. The number of aryl methyl sites for hydroxylation is 3. The van der Waals surface area contributed by atoms with Gasteiger partial charge in [-0.15, -0.1) is 0 Å². The van der Waals surface area contributed by atoms with Gasteiger partial charge >= 0.3 is 11.8 Å². The Morgan fingerprint density at radius 3 is 2.67 bits per heavy atom. The summed E-state index contributed by atoms with van der Waals surface area (Å²) in [4.78, 5) is 26.5. The molecule has 0 aromatic carbocycles. The molecule has 3 heterocycles. The topological polar surface area (TPSA) is 93.3 Å². The second-order valence-corrected chi connectivity index (χ2v) is 6.16. The van der Waals surface area contributed by atoms with Crippen molar-refractivity contribution in [1.29, 1.82) is 0 Å². The monoisotopic (exact) mass is 331 g/mol. The minimum Gasteiger partial charge on any atom is -0.362 e. The second kappa shape index (κ2) is 6.10. The van der Waals surface area contributed by atoms with Crippen LogP contribution >= 0.6 is 0 Å². The van der Waals surface area contributed by atoms with E-state index >= 15 is 0 Å². The smallest absolute Gasteiger partial charge is 0.315 e. The van der Waals surface area contributed by atoms with Crippen molar-refractivity contribution in [2.24, 2.45) is 7.05 Å². The summed E-state index contributed by atoms with van der Waals surface area (Å²) < 4.78 is 6.59. The van der Waals surface area contributed by atoms with Gasteiger partial charge in [0.2, 0.25) is 0 Å². The number of aromatic nitrogens is 3. The highest BCUT2D eigenvalue weighted by molar-refractivity contribution is 6.39. The molecule has 0 unspecified atom stereocenters. The van der Waals surface area contributed by atoms with Crippen LogP contribution in [0.25, 0.3) is 0 Å². The van der Waals surface area contributed by atoms with Crippen LogP contribution in [0.15, 0.2) is 10.8 Å². The molecule has 1 saturated heterocycles. The average Bonchev–Trinajstić information content (AvgIpc) is 3.21. The van der Waals surface area contributed by atoms with E-state index in [-0.39, 0.29) is 11.9 Å². The van der Waals surface area contributed by atoms with Crippen molar-refractivity contribution >= 4 is 17.6 Å². The maximum Gasteiger partial charge on any atom is 0.315 e. The predicted molar refractivity (Wildman–Crippen MR) is 86.2 cm³/mol. The molecular formula is C16H21N5O3. The van der Waals surface area contributed by atoms with Crippen LogP contribution < -0.4 is 5.32 Å². The van der Waals surface area contributed by atoms with E-state index in [9.17, 15) is 9.59 Å². The lowest BCUT2D eigenvalue weighted by atomic mass is 10.0. The summed E-state index contributed by atoms with van der Waals surface area (Å²) in [5, 5.41) is 10.6. The first-order valence-corrected chi connectivity index (χ1v) is 7.93. The van der Waals surface area contributed by atoms with Gasteiger partial charge in [-0.2, -0.15) is 5.10 Å². The maximum absolute atomic E-state index is 12.6. The summed E-state index contributed by atoms with van der Waals surface area (Å²) in [6.07, 6.45) is 3.11. The standard InChI is InChI=1S/C16H21N5O3/c1-9-8-24-19-14(9)17-15(22)16(23)21-7-5-6-12(21)13-10(2)18-20(4)11(13)3/h8,12H,5-7H2,1-4H3,(H,17,19,22)/t12-/m1/s1. The van der Waals surface area contributed by atoms with Gasteiger partial charge in [0, 0.05) is 30.4 Å². The van der Waals surface area contributed by atoms with Crippen molar-refractivity contribution in [3.8, 4) is 0 Å². The molecule has 0 spiro atoms. The Hall–Kier alpha value is -2.64. The largest absolute Gasteiger partial charge is 0.362 e.